The summed E-state index contributed by atoms with van der Waals surface area (Å²) >= 11 is 0. The summed E-state index contributed by atoms with van der Waals surface area (Å²) in [5, 5.41) is 0. The number of halogens is 14. The van der Waals surface area contributed by atoms with E-state index >= 15 is 0 Å². The van der Waals surface area contributed by atoms with Gasteiger partial charge in [-0.2, -0.15) is 0 Å². The van der Waals surface area contributed by atoms with Gasteiger partial charge in [0.25, 0.3) is 0 Å². The van der Waals surface area contributed by atoms with Crippen molar-refractivity contribution in [2.24, 2.45) is 0 Å². The minimum Gasteiger partial charge on any atom is -0.207 e. The van der Waals surface area contributed by atoms with Crippen molar-refractivity contribution >= 4 is 54.5 Å². The second-order valence-corrected chi connectivity index (χ2v) is 33.3. The highest BCUT2D eigenvalue weighted by Crippen LogP contribution is 2.38. The lowest BCUT2D eigenvalue weighted by atomic mass is 10.3. The van der Waals surface area contributed by atoms with Crippen molar-refractivity contribution in [3.8, 4) is 0 Å². The van der Waals surface area contributed by atoms with Crippen LogP contribution in [-0.2, 0) is 54.5 Å². The first-order chi connectivity index (χ1) is 52.8. The smallest absolute Gasteiger partial charge is 0.169 e. The van der Waals surface area contributed by atoms with Crippen LogP contribution in [0, 0.1) is 81.4 Å². The largest absolute Gasteiger partial charge is 0.207 e. The van der Waals surface area contributed by atoms with E-state index in [2.05, 4.69) is 24.3 Å². The molecule has 0 heterocycles. The van der Waals surface area contributed by atoms with E-state index in [4.69, 9.17) is 0 Å². The molecule has 19 heteroatoms. The molecule has 0 bridgehead atoms. The molecule has 0 radical (unpaired) electrons. The number of rotatable bonds is 15. The van der Waals surface area contributed by atoms with Crippen LogP contribution >= 0.6 is 0 Å². The third kappa shape index (κ3) is 22.1. The Morgan fingerprint density at radius 2 is 0.266 bits per heavy atom. The number of hydrogen-bond donors (Lipinski definition) is 0. The van der Waals surface area contributed by atoms with Gasteiger partial charge in [-0.3, -0.25) is 0 Å². The molecule has 0 aliphatic carbocycles. The van der Waals surface area contributed by atoms with Crippen LogP contribution in [0.25, 0.3) is 0 Å². The molecule has 0 nitrogen and oxygen atoms in total. The van der Waals surface area contributed by atoms with Gasteiger partial charge in [0.15, 0.2) is 96.7 Å². The van der Waals surface area contributed by atoms with Crippen molar-refractivity contribution in [3.63, 3.8) is 0 Å². The molecule has 15 aromatic rings. The van der Waals surface area contributed by atoms with Gasteiger partial charge in [0.05, 0.1) is 54.5 Å². The van der Waals surface area contributed by atoms with Crippen LogP contribution in [-0.4, -0.2) is 0 Å². The van der Waals surface area contributed by atoms with Crippen molar-refractivity contribution in [2.75, 3.05) is 0 Å². The fraction of sp³-hybridized carbons (Fsp3) is 0. The predicted octanol–water partition coefficient (Wildman–Crippen LogP) is 25.9. The molecule has 0 saturated carbocycles. The molecule has 0 aliphatic heterocycles. The van der Waals surface area contributed by atoms with Crippen LogP contribution in [0.4, 0.5) is 61.5 Å². The fourth-order valence-electron chi connectivity index (χ4n) is 10.7. The van der Waals surface area contributed by atoms with Crippen LogP contribution in [0.2, 0.25) is 0 Å². The van der Waals surface area contributed by atoms with Crippen LogP contribution in [0.15, 0.2) is 443 Å². The van der Waals surface area contributed by atoms with Gasteiger partial charge in [-0.25, -0.2) is 61.5 Å². The Morgan fingerprint density at radius 3 is 0.450 bits per heavy atom. The number of benzene rings is 15. The second-order valence-electron chi connectivity index (χ2n) is 23.2. The average molecular weight is 1570 g/mol. The van der Waals surface area contributed by atoms with E-state index in [1.807, 2.05) is 78.9 Å². The molecular formula is C90H61F14S5+5. The topological polar surface area (TPSA) is 0 Å². The monoisotopic (exact) mass is 1570 g/mol. The van der Waals surface area contributed by atoms with E-state index in [0.717, 1.165) is 73.2 Å². The molecule has 109 heavy (non-hydrogen) atoms. The zero-order valence-corrected chi connectivity index (χ0v) is 61.1. The first kappa shape index (κ1) is 79.1. The van der Waals surface area contributed by atoms with Gasteiger partial charge in [-0.15, -0.1) is 0 Å². The Balaban J connectivity index is 0.000000135. The lowest BCUT2D eigenvalue weighted by Gasteiger charge is -2.08. The minimum absolute atomic E-state index is 0.190. The normalized spacial score (nSPS) is 10.9. The van der Waals surface area contributed by atoms with Gasteiger partial charge in [0, 0.05) is 24.3 Å². The quantitative estimate of drug-likeness (QED) is 0.0709. The van der Waals surface area contributed by atoms with Crippen molar-refractivity contribution in [1.29, 1.82) is 0 Å². The Labute approximate surface area is 636 Å². The molecule has 0 aliphatic rings. The highest BCUT2D eigenvalue weighted by molar-refractivity contribution is 7.98. The Kier molecular flexibility index (Phi) is 28.1. The van der Waals surface area contributed by atoms with Crippen molar-refractivity contribution < 1.29 is 61.5 Å². The van der Waals surface area contributed by atoms with Crippen LogP contribution in [0.1, 0.15) is 0 Å². The zero-order valence-electron chi connectivity index (χ0n) is 57.1. The first-order valence-corrected chi connectivity index (χ1v) is 39.3. The summed E-state index contributed by atoms with van der Waals surface area (Å²) in [6.45, 7) is 0. The average Bonchev–Trinajstić information content (AvgIpc) is 0.797. The van der Waals surface area contributed by atoms with Crippen LogP contribution in [0.3, 0.4) is 0 Å². The molecule has 0 amide bonds. The zero-order chi connectivity index (χ0) is 76.8. The van der Waals surface area contributed by atoms with Gasteiger partial charge in [0.2, 0.25) is 0 Å². The summed E-state index contributed by atoms with van der Waals surface area (Å²) < 4.78 is 186. The molecule has 0 N–H and O–H groups in total. The van der Waals surface area contributed by atoms with E-state index < -0.39 is 61.8 Å². The van der Waals surface area contributed by atoms with Crippen molar-refractivity contribution in [1.82, 2.24) is 0 Å². The molecule has 0 aromatic heterocycles. The Morgan fingerprint density at radius 1 is 0.110 bits per heavy atom. The van der Waals surface area contributed by atoms with Crippen molar-refractivity contribution in [2.45, 2.75) is 73.4 Å². The summed E-state index contributed by atoms with van der Waals surface area (Å²) in [6.07, 6.45) is 0. The van der Waals surface area contributed by atoms with Crippen molar-refractivity contribution in [3.05, 3.63) is 451 Å². The highest BCUT2D eigenvalue weighted by atomic mass is 32.2. The molecule has 15 aromatic carbocycles. The maximum absolute atomic E-state index is 13.6. The molecule has 0 spiro atoms. The van der Waals surface area contributed by atoms with Gasteiger partial charge < -0.3 is 0 Å². The summed E-state index contributed by atoms with van der Waals surface area (Å²) in [6, 6.07) is 99.5. The molecular weight excluding hydrogens is 1510 g/mol. The molecule has 0 unspecified atom stereocenters. The number of hydrogen-bond acceptors (Lipinski definition) is 0. The SMILES string of the molecule is Fc1ccc([S+](c2ccc(F)c(F)c2)c2ccc(F)c(F)c2)cc1.Fc1ccc([S+](c2ccc(F)cc2)c2ccc(F)cc2)cc1.Fc1ccc([S+](c2cccc(F)c2)c2cccc(F)c2)cc1.Fc1ccc([S+](c2ccccc2)c2ccc(F)cc2)cc1.Fc1ccc([S+](c2ccccc2)c2ccccc2)cc1. The van der Waals surface area contributed by atoms with E-state index in [1.165, 1.54) is 155 Å². The lowest BCUT2D eigenvalue weighted by molar-refractivity contribution is 0.505. The standard InChI is InChI=1S/C18H10F5S.2C18H12F3S.C18H13F2S.C18H14FS/c19-11-1-3-12(4-2-11)24(13-5-7-15(20)17(22)9-13)14-6-8-16(21)18(23)10-14;19-13-1-7-16(8-2-13)22(17-9-3-14(20)4-10-17)18-11-5-15(21)6-12-18;19-13-7-9-16(10-8-13)22(17-5-1-3-14(20)11-17)18-6-2-4-15(21)12-18;19-14-6-10-17(11-7-14)21(16-4-2-1-3-5-16)18-12-8-15(20)9-13-18;19-15-11-13-18(14-12-15)20(16-7-3-1-4-8-16)17-9-5-2-6-10-17/h1-10H;2*1-12H;1-13H;1-14H/q5*+1. The third-order valence-corrected chi connectivity index (χ3v) is 26.7. The van der Waals surface area contributed by atoms with Gasteiger partial charge in [-0.1, -0.05) is 66.7 Å². The van der Waals surface area contributed by atoms with E-state index in [1.54, 1.807) is 97.1 Å². The first-order valence-electron chi connectivity index (χ1n) is 33.1. The van der Waals surface area contributed by atoms with E-state index in [0.29, 0.717) is 14.7 Å². The van der Waals surface area contributed by atoms with Gasteiger partial charge >= 0.3 is 0 Å². The Hall–Kier alpha value is -10.9. The van der Waals surface area contributed by atoms with Gasteiger partial charge in [0.1, 0.15) is 58.2 Å². The second kappa shape index (κ2) is 38.7. The maximum atomic E-state index is 13.6. The van der Waals surface area contributed by atoms with Crippen LogP contribution < -0.4 is 0 Å². The predicted molar refractivity (Wildman–Crippen MR) is 407 cm³/mol. The summed E-state index contributed by atoms with van der Waals surface area (Å²) in [5.74, 6) is -7.27. The molecule has 544 valence electrons. The molecule has 0 saturated heterocycles. The molecule has 0 fully saturated rings. The molecule has 0 atom stereocenters. The van der Waals surface area contributed by atoms with E-state index in [9.17, 15) is 61.5 Å². The van der Waals surface area contributed by atoms with E-state index in [-0.39, 0.29) is 74.1 Å². The summed E-state index contributed by atoms with van der Waals surface area (Å²) in [4.78, 5) is 13.0. The highest BCUT2D eigenvalue weighted by Gasteiger charge is 2.35. The Bertz CT molecular complexity index is 5060. The summed E-state index contributed by atoms with van der Waals surface area (Å²) in [7, 11) is -2.82. The minimum atomic E-state index is -1.05. The lowest BCUT2D eigenvalue weighted by Crippen LogP contribution is -2.07. The van der Waals surface area contributed by atoms with Crippen LogP contribution in [0.5, 0.6) is 0 Å². The maximum Gasteiger partial charge on any atom is 0.169 e. The fourth-order valence-corrected chi connectivity index (χ4v) is 21.0. The molecule has 15 rings (SSSR count). The third-order valence-electron chi connectivity index (χ3n) is 15.6. The summed E-state index contributed by atoms with van der Waals surface area (Å²) in [5.41, 5.74) is 0. The van der Waals surface area contributed by atoms with Gasteiger partial charge in [-0.05, 0) is 279 Å².